The number of nitrogens with one attached hydrogen (secondary N) is 1. The number of rotatable bonds is 6. The van der Waals surface area contributed by atoms with E-state index in [4.69, 9.17) is 14.7 Å². The molecule has 0 bridgehead atoms. The van der Waals surface area contributed by atoms with Crippen LogP contribution in [-0.4, -0.2) is 16.6 Å². The number of nitrogens with zero attached hydrogens (tertiary/aromatic N) is 2. The van der Waals surface area contributed by atoms with Gasteiger partial charge < -0.3 is 10.1 Å². The normalized spacial score (nSPS) is 15.7. The summed E-state index contributed by atoms with van der Waals surface area (Å²) in [6.45, 7) is 8.83. The molecule has 2 rings (SSSR count). The lowest BCUT2D eigenvalue weighted by atomic mass is 10.1. The van der Waals surface area contributed by atoms with Gasteiger partial charge in [0.15, 0.2) is 5.82 Å². The Balaban J connectivity index is 2.32. The molecular weight excluding hydrogens is 226 g/mol. The zero-order chi connectivity index (χ0) is 13.0. The Morgan fingerprint density at radius 2 is 2.06 bits per heavy atom. The first-order valence-corrected chi connectivity index (χ1v) is 7.00. The fourth-order valence-electron chi connectivity index (χ4n) is 2.45. The zero-order valence-corrected chi connectivity index (χ0v) is 11.6. The van der Waals surface area contributed by atoms with Crippen LogP contribution in [0.5, 0.6) is 0 Å². The first kappa shape index (κ1) is 13.4. The average molecular weight is 249 g/mol. The summed E-state index contributed by atoms with van der Waals surface area (Å²) in [4.78, 5) is 9.43. The topological polar surface area (TPSA) is 47.0 Å². The van der Waals surface area contributed by atoms with Gasteiger partial charge in [-0.3, -0.25) is 0 Å². The maximum atomic E-state index is 5.78. The van der Waals surface area contributed by atoms with Gasteiger partial charge in [-0.05, 0) is 19.8 Å². The summed E-state index contributed by atoms with van der Waals surface area (Å²) in [5.41, 5.74) is 3.64. The molecule has 100 valence electrons. The van der Waals surface area contributed by atoms with Crippen molar-refractivity contribution in [3.8, 4) is 0 Å². The van der Waals surface area contributed by atoms with Gasteiger partial charge in [0.1, 0.15) is 6.10 Å². The second-order valence-electron chi connectivity index (χ2n) is 4.64. The molecule has 1 aliphatic rings. The molecule has 1 unspecified atom stereocenters. The van der Waals surface area contributed by atoms with E-state index < -0.39 is 0 Å². The fraction of sp³-hybridized carbons (Fsp3) is 0.714. The van der Waals surface area contributed by atoms with Crippen LogP contribution >= 0.6 is 0 Å². The number of hydrogen-bond donors (Lipinski definition) is 1. The molecule has 0 aliphatic carbocycles. The third-order valence-electron chi connectivity index (χ3n) is 3.33. The molecule has 1 N–H and O–H groups in total. The molecule has 0 saturated heterocycles. The van der Waals surface area contributed by atoms with E-state index >= 15 is 0 Å². The van der Waals surface area contributed by atoms with Gasteiger partial charge in [0.2, 0.25) is 0 Å². The maximum Gasteiger partial charge on any atom is 0.157 e. The van der Waals surface area contributed by atoms with Crippen LogP contribution < -0.4 is 5.32 Å². The van der Waals surface area contributed by atoms with Crippen molar-refractivity contribution in [2.75, 3.05) is 6.61 Å². The van der Waals surface area contributed by atoms with E-state index in [0.717, 1.165) is 43.9 Å². The van der Waals surface area contributed by atoms with Gasteiger partial charge in [-0.25, -0.2) is 9.97 Å². The molecule has 4 nitrogen and oxygen atoms in total. The van der Waals surface area contributed by atoms with Crippen LogP contribution in [-0.2, 0) is 24.2 Å². The van der Waals surface area contributed by atoms with Crippen LogP contribution in [0.1, 0.15) is 62.5 Å². The Hall–Kier alpha value is -1.00. The molecule has 18 heavy (non-hydrogen) atoms. The van der Waals surface area contributed by atoms with Crippen LogP contribution in [0.15, 0.2) is 0 Å². The second-order valence-corrected chi connectivity index (χ2v) is 4.64. The number of hydrogen-bond acceptors (Lipinski definition) is 4. The maximum absolute atomic E-state index is 5.78. The van der Waals surface area contributed by atoms with Crippen LogP contribution in [0, 0.1) is 0 Å². The Kier molecular flexibility index (Phi) is 4.66. The second kappa shape index (κ2) is 6.25. The van der Waals surface area contributed by atoms with Crippen molar-refractivity contribution in [2.24, 2.45) is 0 Å². The van der Waals surface area contributed by atoms with Crippen molar-refractivity contribution in [2.45, 2.75) is 59.2 Å². The molecule has 0 aromatic carbocycles. The Morgan fingerprint density at radius 3 is 2.72 bits per heavy atom. The molecule has 0 fully saturated rings. The largest absolute Gasteiger partial charge is 0.371 e. The first-order chi connectivity index (χ1) is 8.80. The lowest BCUT2D eigenvalue weighted by molar-refractivity contribution is 0.0490. The van der Waals surface area contributed by atoms with E-state index in [-0.39, 0.29) is 6.10 Å². The minimum Gasteiger partial charge on any atom is -0.371 e. The SMILES string of the molecule is CCCC(OCC)c1nc(CC)c2c(n1)CNC2. The lowest BCUT2D eigenvalue weighted by Crippen LogP contribution is -2.12. The molecule has 1 atom stereocenters. The summed E-state index contributed by atoms with van der Waals surface area (Å²) in [6, 6.07) is 0. The Bertz CT molecular complexity index is 400. The molecule has 1 aliphatic heterocycles. The molecule has 2 heterocycles. The predicted octanol–water partition coefficient (Wildman–Crippen LogP) is 2.52. The highest BCUT2D eigenvalue weighted by Gasteiger charge is 2.21. The monoisotopic (exact) mass is 249 g/mol. The van der Waals surface area contributed by atoms with Crippen LogP contribution in [0.25, 0.3) is 0 Å². The highest BCUT2D eigenvalue weighted by molar-refractivity contribution is 5.29. The van der Waals surface area contributed by atoms with Gasteiger partial charge in [-0.1, -0.05) is 20.3 Å². The summed E-state index contributed by atoms with van der Waals surface area (Å²) >= 11 is 0. The highest BCUT2D eigenvalue weighted by Crippen LogP contribution is 2.24. The van der Waals surface area contributed by atoms with Crippen LogP contribution in [0.3, 0.4) is 0 Å². The van der Waals surface area contributed by atoms with E-state index in [1.54, 1.807) is 0 Å². The first-order valence-electron chi connectivity index (χ1n) is 7.00. The van der Waals surface area contributed by atoms with E-state index in [1.165, 1.54) is 11.3 Å². The van der Waals surface area contributed by atoms with E-state index in [0.29, 0.717) is 6.61 Å². The molecule has 1 aromatic rings. The average Bonchev–Trinajstić information content (AvgIpc) is 2.85. The van der Waals surface area contributed by atoms with Crippen molar-refractivity contribution in [1.29, 1.82) is 0 Å². The molecule has 0 spiro atoms. The third kappa shape index (κ3) is 2.70. The quantitative estimate of drug-likeness (QED) is 0.841. The fourth-order valence-corrected chi connectivity index (χ4v) is 2.45. The summed E-state index contributed by atoms with van der Waals surface area (Å²) in [7, 11) is 0. The minimum atomic E-state index is 0.0520. The van der Waals surface area contributed by atoms with Crippen LogP contribution in [0.2, 0.25) is 0 Å². The summed E-state index contributed by atoms with van der Waals surface area (Å²) in [6.07, 6.45) is 3.09. The minimum absolute atomic E-state index is 0.0520. The van der Waals surface area contributed by atoms with Crippen molar-refractivity contribution >= 4 is 0 Å². The summed E-state index contributed by atoms with van der Waals surface area (Å²) in [5, 5.41) is 3.35. The Morgan fingerprint density at radius 1 is 1.22 bits per heavy atom. The van der Waals surface area contributed by atoms with Gasteiger partial charge in [0.25, 0.3) is 0 Å². The van der Waals surface area contributed by atoms with E-state index in [9.17, 15) is 0 Å². The highest BCUT2D eigenvalue weighted by atomic mass is 16.5. The smallest absolute Gasteiger partial charge is 0.157 e. The molecule has 0 saturated carbocycles. The zero-order valence-electron chi connectivity index (χ0n) is 11.6. The van der Waals surface area contributed by atoms with E-state index in [1.807, 2.05) is 6.92 Å². The van der Waals surface area contributed by atoms with Crippen molar-refractivity contribution in [1.82, 2.24) is 15.3 Å². The van der Waals surface area contributed by atoms with Crippen molar-refractivity contribution in [3.63, 3.8) is 0 Å². The Labute approximate surface area is 109 Å². The third-order valence-corrected chi connectivity index (χ3v) is 3.33. The molecule has 4 heteroatoms. The van der Waals surface area contributed by atoms with Gasteiger partial charge in [-0.2, -0.15) is 0 Å². The predicted molar refractivity (Wildman–Crippen MR) is 71.2 cm³/mol. The number of fused-ring (bicyclic) bond motifs is 1. The van der Waals surface area contributed by atoms with Gasteiger partial charge >= 0.3 is 0 Å². The lowest BCUT2D eigenvalue weighted by Gasteiger charge is -2.17. The van der Waals surface area contributed by atoms with Gasteiger partial charge in [0.05, 0.1) is 5.69 Å². The van der Waals surface area contributed by atoms with Crippen molar-refractivity contribution < 1.29 is 4.74 Å². The standard InChI is InChI=1S/C14H23N3O/c1-4-7-13(18-6-3)14-16-11(5-2)10-8-15-9-12(10)17-14/h13,15H,4-9H2,1-3H3. The number of ether oxygens (including phenoxy) is 1. The molecular formula is C14H23N3O. The molecule has 0 radical (unpaired) electrons. The van der Waals surface area contributed by atoms with Crippen molar-refractivity contribution in [3.05, 3.63) is 22.8 Å². The molecule has 0 amide bonds. The summed E-state index contributed by atoms with van der Waals surface area (Å²) in [5.74, 6) is 0.873. The van der Waals surface area contributed by atoms with E-state index in [2.05, 4.69) is 19.2 Å². The van der Waals surface area contributed by atoms with Gasteiger partial charge in [0, 0.05) is 31.0 Å². The van der Waals surface area contributed by atoms with Gasteiger partial charge in [-0.15, -0.1) is 0 Å². The number of aryl methyl sites for hydroxylation is 1. The number of aromatic nitrogens is 2. The van der Waals surface area contributed by atoms with Crippen LogP contribution in [0.4, 0.5) is 0 Å². The summed E-state index contributed by atoms with van der Waals surface area (Å²) < 4.78 is 5.78. The molecule has 1 aromatic heterocycles.